The number of hydrogen-bond acceptors (Lipinski definition) is 3. The number of benzene rings is 1. The number of aromatic nitrogens is 2. The third kappa shape index (κ3) is 3.90. The molecular weight excluding hydrogens is 380 g/mol. The van der Waals surface area contributed by atoms with Crippen molar-refractivity contribution in [1.82, 2.24) is 9.97 Å². The SMILES string of the molecule is CNc1nc(-c2cc(C)cc(F)c2)nc(CC(C)C)c1I. The average Bonchev–Trinajstić information content (AvgIpc) is 2.39. The van der Waals surface area contributed by atoms with Gasteiger partial charge in [0.15, 0.2) is 5.82 Å². The molecule has 0 atom stereocenters. The Balaban J connectivity index is 2.57. The van der Waals surface area contributed by atoms with Crippen molar-refractivity contribution in [2.45, 2.75) is 27.2 Å². The number of nitrogens with zero attached hydrogens (tertiary/aromatic N) is 2. The highest BCUT2D eigenvalue weighted by Gasteiger charge is 2.14. The highest BCUT2D eigenvalue weighted by molar-refractivity contribution is 14.1. The highest BCUT2D eigenvalue weighted by atomic mass is 127. The molecule has 0 aliphatic rings. The predicted molar refractivity (Wildman–Crippen MR) is 93.0 cm³/mol. The quantitative estimate of drug-likeness (QED) is 0.773. The zero-order chi connectivity index (χ0) is 15.6. The minimum absolute atomic E-state index is 0.261. The van der Waals surface area contributed by atoms with Crippen LogP contribution in [-0.2, 0) is 6.42 Å². The molecule has 1 aromatic carbocycles. The Bertz CT molecular complexity index is 636. The van der Waals surface area contributed by atoms with Gasteiger partial charge in [-0.1, -0.05) is 13.8 Å². The largest absolute Gasteiger partial charge is 0.372 e. The molecule has 2 aromatic rings. The molecule has 0 unspecified atom stereocenters. The number of anilines is 1. The summed E-state index contributed by atoms with van der Waals surface area (Å²) < 4.78 is 14.6. The van der Waals surface area contributed by atoms with Crippen LogP contribution in [0.25, 0.3) is 11.4 Å². The molecule has 0 saturated heterocycles. The van der Waals surface area contributed by atoms with Gasteiger partial charge in [0.25, 0.3) is 0 Å². The number of halogens is 2. The first-order valence-corrected chi connectivity index (χ1v) is 8.00. The number of aryl methyl sites for hydroxylation is 1. The number of rotatable bonds is 4. The lowest BCUT2D eigenvalue weighted by molar-refractivity contribution is 0.626. The molecule has 21 heavy (non-hydrogen) atoms. The Labute approximate surface area is 138 Å². The molecule has 0 fully saturated rings. The zero-order valence-corrected chi connectivity index (χ0v) is 14.8. The van der Waals surface area contributed by atoms with Gasteiger partial charge >= 0.3 is 0 Å². The van der Waals surface area contributed by atoms with Crippen molar-refractivity contribution in [3.8, 4) is 11.4 Å². The first-order valence-electron chi connectivity index (χ1n) is 6.92. The minimum Gasteiger partial charge on any atom is -0.372 e. The van der Waals surface area contributed by atoms with Gasteiger partial charge in [-0.25, -0.2) is 14.4 Å². The maximum atomic E-state index is 13.6. The molecule has 3 nitrogen and oxygen atoms in total. The lowest BCUT2D eigenvalue weighted by atomic mass is 10.1. The molecule has 1 aromatic heterocycles. The van der Waals surface area contributed by atoms with Crippen LogP contribution < -0.4 is 5.32 Å². The van der Waals surface area contributed by atoms with Gasteiger partial charge in [-0.2, -0.15) is 0 Å². The second-order valence-corrected chi connectivity index (χ2v) is 6.60. The molecule has 2 rings (SSSR count). The van der Waals surface area contributed by atoms with E-state index in [0.29, 0.717) is 17.3 Å². The van der Waals surface area contributed by atoms with E-state index in [1.165, 1.54) is 12.1 Å². The van der Waals surface area contributed by atoms with Crippen LogP contribution in [-0.4, -0.2) is 17.0 Å². The smallest absolute Gasteiger partial charge is 0.161 e. The van der Waals surface area contributed by atoms with Crippen LogP contribution in [0.1, 0.15) is 25.1 Å². The van der Waals surface area contributed by atoms with E-state index < -0.39 is 0 Å². The molecular formula is C16H19FIN3. The van der Waals surface area contributed by atoms with Crippen LogP contribution in [0.5, 0.6) is 0 Å². The fourth-order valence-electron chi connectivity index (χ4n) is 2.18. The normalized spacial score (nSPS) is 11.0. The maximum absolute atomic E-state index is 13.6. The molecule has 0 aliphatic heterocycles. The average molecular weight is 399 g/mol. The number of nitrogens with one attached hydrogen (secondary N) is 1. The third-order valence-corrected chi connectivity index (χ3v) is 4.19. The molecule has 112 valence electrons. The topological polar surface area (TPSA) is 37.8 Å². The Morgan fingerprint density at radius 1 is 1.24 bits per heavy atom. The first kappa shape index (κ1) is 16.1. The van der Waals surface area contributed by atoms with E-state index in [2.05, 4.69) is 51.7 Å². The summed E-state index contributed by atoms with van der Waals surface area (Å²) in [4.78, 5) is 9.16. The van der Waals surface area contributed by atoms with Gasteiger partial charge in [0.2, 0.25) is 0 Å². The summed E-state index contributed by atoms with van der Waals surface area (Å²) in [7, 11) is 1.84. The molecule has 1 heterocycles. The minimum atomic E-state index is -0.261. The first-order chi connectivity index (χ1) is 9.90. The van der Waals surface area contributed by atoms with Crippen molar-refractivity contribution in [3.05, 3.63) is 38.8 Å². The molecule has 0 spiro atoms. The molecule has 0 bridgehead atoms. The van der Waals surface area contributed by atoms with Crippen molar-refractivity contribution in [2.24, 2.45) is 5.92 Å². The Kier molecular flexibility index (Phi) is 5.13. The standard InChI is InChI=1S/C16H19FIN3/c1-9(2)5-13-14(18)16(19-4)21-15(20-13)11-6-10(3)7-12(17)8-11/h6-9H,5H2,1-4H3,(H,19,20,21). The number of hydrogen-bond donors (Lipinski definition) is 1. The van der Waals surface area contributed by atoms with Crippen LogP contribution >= 0.6 is 22.6 Å². The van der Waals surface area contributed by atoms with E-state index in [9.17, 15) is 4.39 Å². The van der Waals surface area contributed by atoms with Crippen LogP contribution in [0.15, 0.2) is 18.2 Å². The molecule has 5 heteroatoms. The van der Waals surface area contributed by atoms with Crippen LogP contribution in [0.2, 0.25) is 0 Å². The molecule has 0 aliphatic carbocycles. The Morgan fingerprint density at radius 3 is 2.52 bits per heavy atom. The van der Waals surface area contributed by atoms with Gasteiger partial charge < -0.3 is 5.32 Å². The fourth-order valence-corrected chi connectivity index (χ4v) is 2.91. The second kappa shape index (κ2) is 6.68. The molecule has 0 saturated carbocycles. The van der Waals surface area contributed by atoms with Crippen molar-refractivity contribution in [3.63, 3.8) is 0 Å². The molecule has 0 radical (unpaired) electrons. The summed E-state index contributed by atoms with van der Waals surface area (Å²) in [5.41, 5.74) is 2.58. The van der Waals surface area contributed by atoms with Gasteiger partial charge in [0.05, 0.1) is 9.26 Å². The Morgan fingerprint density at radius 2 is 1.95 bits per heavy atom. The van der Waals surface area contributed by atoms with Crippen molar-refractivity contribution in [1.29, 1.82) is 0 Å². The monoisotopic (exact) mass is 399 g/mol. The third-order valence-electron chi connectivity index (χ3n) is 3.06. The van der Waals surface area contributed by atoms with Gasteiger partial charge in [0.1, 0.15) is 11.6 Å². The van der Waals surface area contributed by atoms with E-state index in [0.717, 1.165) is 27.1 Å². The molecule has 1 N–H and O–H groups in total. The Hall–Kier alpha value is -1.24. The van der Waals surface area contributed by atoms with Gasteiger partial charge in [0, 0.05) is 12.6 Å². The predicted octanol–water partition coefficient (Wildman–Crippen LogP) is 4.44. The second-order valence-electron chi connectivity index (χ2n) is 5.52. The maximum Gasteiger partial charge on any atom is 0.161 e. The van der Waals surface area contributed by atoms with E-state index in [1.807, 2.05) is 20.0 Å². The lowest BCUT2D eigenvalue weighted by Crippen LogP contribution is -2.08. The fraction of sp³-hybridized carbons (Fsp3) is 0.375. The van der Waals surface area contributed by atoms with Crippen LogP contribution in [0.4, 0.5) is 10.2 Å². The summed E-state index contributed by atoms with van der Waals surface area (Å²) in [6.45, 7) is 6.18. The van der Waals surface area contributed by atoms with Gasteiger partial charge in [-0.3, -0.25) is 0 Å². The summed E-state index contributed by atoms with van der Waals surface area (Å²) in [5.74, 6) is 1.60. The van der Waals surface area contributed by atoms with Gasteiger partial charge in [-0.15, -0.1) is 0 Å². The van der Waals surface area contributed by atoms with Crippen molar-refractivity contribution < 1.29 is 4.39 Å². The van der Waals surface area contributed by atoms with E-state index >= 15 is 0 Å². The van der Waals surface area contributed by atoms with E-state index in [1.54, 1.807) is 0 Å². The summed E-state index contributed by atoms with van der Waals surface area (Å²) >= 11 is 2.26. The van der Waals surface area contributed by atoms with Crippen molar-refractivity contribution >= 4 is 28.4 Å². The summed E-state index contributed by atoms with van der Waals surface area (Å²) in [5, 5.41) is 3.10. The summed E-state index contributed by atoms with van der Waals surface area (Å²) in [6.07, 6.45) is 0.872. The van der Waals surface area contributed by atoms with E-state index in [4.69, 9.17) is 0 Å². The van der Waals surface area contributed by atoms with Gasteiger partial charge in [-0.05, 0) is 65.6 Å². The molecule has 0 amide bonds. The summed E-state index contributed by atoms with van der Waals surface area (Å²) in [6, 6.07) is 4.89. The van der Waals surface area contributed by atoms with Crippen molar-refractivity contribution in [2.75, 3.05) is 12.4 Å². The van der Waals surface area contributed by atoms with E-state index in [-0.39, 0.29) is 5.82 Å². The highest BCUT2D eigenvalue weighted by Crippen LogP contribution is 2.26. The lowest BCUT2D eigenvalue weighted by Gasteiger charge is -2.13. The van der Waals surface area contributed by atoms with Crippen LogP contribution in [0, 0.1) is 22.2 Å². The zero-order valence-electron chi connectivity index (χ0n) is 12.7. The van der Waals surface area contributed by atoms with Crippen LogP contribution in [0.3, 0.4) is 0 Å².